The lowest BCUT2D eigenvalue weighted by Crippen LogP contribution is -2.39. The molecule has 0 saturated carbocycles. The number of aromatic nitrogens is 1. The third-order valence-corrected chi connectivity index (χ3v) is 3.51. The summed E-state index contributed by atoms with van der Waals surface area (Å²) in [5, 5.41) is 0. The quantitative estimate of drug-likeness (QED) is 0.860. The molecular formula is C13H20N4O. The average Bonchev–Trinajstić information content (AvgIpc) is 2.74. The van der Waals surface area contributed by atoms with Crippen LogP contribution in [0.5, 0.6) is 0 Å². The summed E-state index contributed by atoms with van der Waals surface area (Å²) in [4.78, 5) is 20.3. The number of anilines is 1. The third kappa shape index (κ3) is 2.79. The van der Waals surface area contributed by atoms with E-state index >= 15 is 0 Å². The molecule has 5 heteroatoms. The Balaban J connectivity index is 2.00. The summed E-state index contributed by atoms with van der Waals surface area (Å²) in [6.07, 6.45) is 3.93. The summed E-state index contributed by atoms with van der Waals surface area (Å²) in [7, 11) is 3.92. The molecule has 1 fully saturated rings. The van der Waals surface area contributed by atoms with Crippen molar-refractivity contribution in [2.45, 2.75) is 18.9 Å². The van der Waals surface area contributed by atoms with Gasteiger partial charge in [-0.15, -0.1) is 0 Å². The van der Waals surface area contributed by atoms with Gasteiger partial charge in [-0.3, -0.25) is 9.78 Å². The number of amides is 1. The standard InChI is InChI=1S/C13H20N4O/c1-16-7-3-4-11(16)9-17(2)13(18)12-8-10(14)5-6-15-12/h5-6,8,11H,3-4,7,9H2,1-2H3,(H2,14,15). The number of nitrogen functional groups attached to an aromatic ring is 1. The van der Waals surface area contributed by atoms with Crippen LogP contribution in [0.4, 0.5) is 5.69 Å². The largest absolute Gasteiger partial charge is 0.399 e. The van der Waals surface area contributed by atoms with Crippen molar-refractivity contribution in [3.05, 3.63) is 24.0 Å². The van der Waals surface area contributed by atoms with E-state index < -0.39 is 0 Å². The van der Waals surface area contributed by atoms with Gasteiger partial charge >= 0.3 is 0 Å². The Morgan fingerprint density at radius 3 is 3.06 bits per heavy atom. The van der Waals surface area contributed by atoms with Gasteiger partial charge < -0.3 is 15.5 Å². The van der Waals surface area contributed by atoms with Crippen LogP contribution in [0.15, 0.2) is 18.3 Å². The zero-order valence-electron chi connectivity index (χ0n) is 11.0. The first-order valence-corrected chi connectivity index (χ1v) is 6.25. The molecule has 1 saturated heterocycles. The van der Waals surface area contributed by atoms with E-state index in [-0.39, 0.29) is 5.91 Å². The van der Waals surface area contributed by atoms with E-state index in [1.807, 2.05) is 7.05 Å². The number of hydrogen-bond acceptors (Lipinski definition) is 4. The van der Waals surface area contributed by atoms with Gasteiger partial charge in [-0.05, 0) is 38.6 Å². The van der Waals surface area contributed by atoms with Crippen LogP contribution >= 0.6 is 0 Å². The number of hydrogen-bond donors (Lipinski definition) is 1. The minimum Gasteiger partial charge on any atom is -0.399 e. The summed E-state index contributed by atoms with van der Waals surface area (Å²) >= 11 is 0. The summed E-state index contributed by atoms with van der Waals surface area (Å²) in [5.74, 6) is -0.0670. The maximum absolute atomic E-state index is 12.2. The monoisotopic (exact) mass is 248 g/mol. The lowest BCUT2D eigenvalue weighted by molar-refractivity contribution is 0.0756. The first-order valence-electron chi connectivity index (χ1n) is 6.25. The van der Waals surface area contributed by atoms with Crippen molar-refractivity contribution in [2.24, 2.45) is 0 Å². The lowest BCUT2D eigenvalue weighted by atomic mass is 10.2. The van der Waals surface area contributed by atoms with Crippen LogP contribution in [0.2, 0.25) is 0 Å². The fourth-order valence-corrected chi connectivity index (χ4v) is 2.37. The van der Waals surface area contributed by atoms with Crippen LogP contribution in [0.1, 0.15) is 23.3 Å². The van der Waals surface area contributed by atoms with E-state index in [0.717, 1.165) is 19.5 Å². The molecule has 0 radical (unpaired) electrons. The Morgan fingerprint density at radius 2 is 2.44 bits per heavy atom. The van der Waals surface area contributed by atoms with E-state index in [0.29, 0.717) is 17.4 Å². The number of likely N-dealkylation sites (tertiary alicyclic amines) is 1. The number of carbonyl (C=O) groups is 1. The molecule has 1 amide bonds. The van der Waals surface area contributed by atoms with Crippen LogP contribution < -0.4 is 5.73 Å². The molecule has 1 aliphatic heterocycles. The predicted molar refractivity (Wildman–Crippen MR) is 71.3 cm³/mol. The third-order valence-electron chi connectivity index (χ3n) is 3.51. The molecule has 1 atom stereocenters. The van der Waals surface area contributed by atoms with Gasteiger partial charge in [-0.1, -0.05) is 0 Å². The molecule has 18 heavy (non-hydrogen) atoms. The van der Waals surface area contributed by atoms with Crippen molar-refractivity contribution < 1.29 is 4.79 Å². The van der Waals surface area contributed by atoms with Crippen molar-refractivity contribution in [3.8, 4) is 0 Å². The second-order valence-electron chi connectivity index (χ2n) is 4.94. The predicted octanol–water partition coefficient (Wildman–Crippen LogP) is 0.830. The zero-order chi connectivity index (χ0) is 13.1. The van der Waals surface area contributed by atoms with Crippen molar-refractivity contribution in [3.63, 3.8) is 0 Å². The van der Waals surface area contributed by atoms with Crippen LogP contribution in [0.25, 0.3) is 0 Å². The molecule has 2 rings (SSSR count). The molecule has 0 aromatic carbocycles. The number of rotatable bonds is 3. The summed E-state index contributed by atoms with van der Waals surface area (Å²) in [5.41, 5.74) is 6.65. The molecule has 2 N–H and O–H groups in total. The van der Waals surface area contributed by atoms with Crippen LogP contribution in [-0.2, 0) is 0 Å². The highest BCUT2D eigenvalue weighted by atomic mass is 16.2. The van der Waals surface area contributed by atoms with Crippen LogP contribution in [0.3, 0.4) is 0 Å². The molecule has 0 aliphatic carbocycles. The molecule has 1 aromatic heterocycles. The minimum atomic E-state index is -0.0670. The van der Waals surface area contributed by atoms with E-state index in [1.54, 1.807) is 23.2 Å². The highest BCUT2D eigenvalue weighted by Gasteiger charge is 2.24. The van der Waals surface area contributed by atoms with Crippen molar-refractivity contribution in [2.75, 3.05) is 32.9 Å². The Kier molecular flexibility index (Phi) is 3.81. The molecule has 0 bridgehead atoms. The number of likely N-dealkylation sites (N-methyl/N-ethyl adjacent to an activating group) is 2. The summed E-state index contributed by atoms with van der Waals surface area (Å²) in [6.45, 7) is 1.86. The number of nitrogens with zero attached hydrogens (tertiary/aromatic N) is 3. The van der Waals surface area contributed by atoms with E-state index in [1.165, 1.54) is 6.42 Å². The normalized spacial score (nSPS) is 20.0. The Morgan fingerprint density at radius 1 is 1.67 bits per heavy atom. The number of pyridine rings is 1. The van der Waals surface area contributed by atoms with Gasteiger partial charge in [0.05, 0.1) is 0 Å². The first-order chi connectivity index (χ1) is 8.58. The van der Waals surface area contributed by atoms with Gasteiger partial charge in [0.1, 0.15) is 5.69 Å². The highest BCUT2D eigenvalue weighted by molar-refractivity contribution is 5.92. The molecule has 5 nitrogen and oxygen atoms in total. The fraction of sp³-hybridized carbons (Fsp3) is 0.538. The topological polar surface area (TPSA) is 62.5 Å². The summed E-state index contributed by atoms with van der Waals surface area (Å²) < 4.78 is 0. The van der Waals surface area contributed by atoms with Gasteiger partial charge in [0, 0.05) is 31.5 Å². The smallest absolute Gasteiger partial charge is 0.272 e. The van der Waals surface area contributed by atoms with Crippen molar-refractivity contribution in [1.29, 1.82) is 0 Å². The number of nitrogens with two attached hydrogens (primary N) is 1. The zero-order valence-corrected chi connectivity index (χ0v) is 11.0. The van der Waals surface area contributed by atoms with Gasteiger partial charge in [0.25, 0.3) is 5.91 Å². The van der Waals surface area contributed by atoms with Gasteiger partial charge in [-0.25, -0.2) is 0 Å². The molecule has 1 aliphatic rings. The van der Waals surface area contributed by atoms with Crippen molar-refractivity contribution >= 4 is 11.6 Å². The van der Waals surface area contributed by atoms with E-state index in [4.69, 9.17) is 5.73 Å². The molecule has 0 spiro atoms. The maximum Gasteiger partial charge on any atom is 0.272 e. The highest BCUT2D eigenvalue weighted by Crippen LogP contribution is 2.16. The first kappa shape index (κ1) is 12.8. The van der Waals surface area contributed by atoms with Crippen molar-refractivity contribution in [1.82, 2.24) is 14.8 Å². The number of carbonyl (C=O) groups excluding carboxylic acids is 1. The van der Waals surface area contributed by atoms with Crippen LogP contribution in [0, 0.1) is 0 Å². The molecule has 1 aromatic rings. The second-order valence-corrected chi connectivity index (χ2v) is 4.94. The second kappa shape index (κ2) is 5.35. The summed E-state index contributed by atoms with van der Waals surface area (Å²) in [6, 6.07) is 3.76. The lowest BCUT2D eigenvalue weighted by Gasteiger charge is -2.25. The molecular weight excluding hydrogens is 228 g/mol. The Hall–Kier alpha value is -1.62. The minimum absolute atomic E-state index is 0.0670. The van der Waals surface area contributed by atoms with Crippen LogP contribution in [-0.4, -0.2) is 53.9 Å². The van der Waals surface area contributed by atoms with Gasteiger partial charge in [-0.2, -0.15) is 0 Å². The Bertz CT molecular complexity index is 435. The van der Waals surface area contributed by atoms with E-state index in [9.17, 15) is 4.79 Å². The maximum atomic E-state index is 12.2. The SMILES string of the molecule is CN(CC1CCCN1C)C(=O)c1cc(N)ccn1. The molecule has 98 valence electrons. The van der Waals surface area contributed by atoms with E-state index in [2.05, 4.69) is 16.9 Å². The Labute approximate surface area is 108 Å². The van der Waals surface area contributed by atoms with Gasteiger partial charge in [0.15, 0.2) is 0 Å². The fourth-order valence-electron chi connectivity index (χ4n) is 2.37. The molecule has 2 heterocycles. The average molecular weight is 248 g/mol. The van der Waals surface area contributed by atoms with Gasteiger partial charge in [0.2, 0.25) is 0 Å². The molecule has 1 unspecified atom stereocenters.